The fraction of sp³-hybridized carbons (Fsp3) is 0.827. The molecule has 100 heavy (non-hydrogen) atoms. The number of rotatable bonds is 77. The summed E-state index contributed by atoms with van der Waals surface area (Å²) in [5.41, 5.74) is 0. The Morgan fingerprint density at radius 1 is 0.280 bits per heavy atom. The molecular weight excluding hydrogens is 1310 g/mol. The van der Waals surface area contributed by atoms with Crippen LogP contribution < -0.4 is 0 Å². The molecule has 0 bridgehead atoms. The van der Waals surface area contributed by atoms with Crippen molar-refractivity contribution in [2.24, 2.45) is 0 Å². The predicted molar refractivity (Wildman–Crippen MR) is 409 cm³/mol. The van der Waals surface area contributed by atoms with Gasteiger partial charge in [-0.05, 0) is 116 Å². The van der Waals surface area contributed by atoms with Crippen LogP contribution in [0, 0.1) is 0 Å². The third-order valence-corrected chi connectivity index (χ3v) is 19.4. The Morgan fingerprint density at radius 2 is 0.490 bits per heavy atom. The summed E-state index contributed by atoms with van der Waals surface area (Å²) in [5.74, 6) is -2.18. The summed E-state index contributed by atoms with van der Waals surface area (Å²) in [7, 11) is -9.95. The highest BCUT2D eigenvalue weighted by atomic mass is 31.2. The van der Waals surface area contributed by atoms with Crippen molar-refractivity contribution in [2.75, 3.05) is 39.6 Å². The standard InChI is InChI=1S/C81H148O17P2/c1-5-9-13-17-21-25-29-33-37-41-45-49-53-57-61-65-78(83)91-71-76(97-80(85)67-63-59-55-51-47-43-39-35-31-27-23-19-15-11-7-3)73-95-99(87,88)93-69-75(82)70-94-100(89,90)96-74-77(98-81(86)68-64-60-56-52-48-44-40-36-32-28-24-20-16-12-8-4)72-92-79(84)66-62-58-54-50-46-42-38-34-30-26-22-18-14-10-6-2/h23-25,27-29,35-36,39-40,75-77,82H,5-22,26,30-34,37-38,41-74H2,1-4H3,(H,87,88)(H,89,90)/b27-23-,28-24-,29-25-,39-35-,40-36-/t75-,76-,77-/m1/s1. The summed E-state index contributed by atoms with van der Waals surface area (Å²) >= 11 is 0. The number of hydrogen-bond donors (Lipinski definition) is 3. The van der Waals surface area contributed by atoms with Crippen LogP contribution in [0.2, 0.25) is 0 Å². The second-order valence-electron chi connectivity index (χ2n) is 27.4. The van der Waals surface area contributed by atoms with E-state index in [-0.39, 0.29) is 25.7 Å². The summed E-state index contributed by atoms with van der Waals surface area (Å²) in [6.45, 7) is 4.85. The van der Waals surface area contributed by atoms with Crippen LogP contribution in [0.1, 0.15) is 374 Å². The first-order valence-corrected chi connectivity index (χ1v) is 43.5. The van der Waals surface area contributed by atoms with Crippen LogP contribution >= 0.6 is 15.6 Å². The van der Waals surface area contributed by atoms with Crippen molar-refractivity contribution in [1.29, 1.82) is 0 Å². The Labute approximate surface area is 610 Å². The molecule has 19 heteroatoms. The Bertz CT molecular complexity index is 2130. The highest BCUT2D eigenvalue weighted by molar-refractivity contribution is 7.47. The molecule has 2 unspecified atom stereocenters. The van der Waals surface area contributed by atoms with Gasteiger partial charge in [-0.2, -0.15) is 0 Å². The molecule has 0 aromatic heterocycles. The van der Waals surface area contributed by atoms with E-state index in [4.69, 9.17) is 37.0 Å². The van der Waals surface area contributed by atoms with Crippen LogP contribution in [0.3, 0.4) is 0 Å². The molecule has 0 saturated carbocycles. The van der Waals surface area contributed by atoms with Gasteiger partial charge in [0.1, 0.15) is 19.3 Å². The van der Waals surface area contributed by atoms with Gasteiger partial charge in [0.2, 0.25) is 0 Å². The lowest BCUT2D eigenvalue weighted by Gasteiger charge is -2.21. The molecule has 0 radical (unpaired) electrons. The van der Waals surface area contributed by atoms with Gasteiger partial charge in [0.15, 0.2) is 12.2 Å². The van der Waals surface area contributed by atoms with Crippen LogP contribution in [0.5, 0.6) is 0 Å². The normalized spacial score (nSPS) is 14.2. The van der Waals surface area contributed by atoms with Gasteiger partial charge >= 0.3 is 39.5 Å². The van der Waals surface area contributed by atoms with Crippen molar-refractivity contribution in [1.82, 2.24) is 0 Å². The lowest BCUT2D eigenvalue weighted by Crippen LogP contribution is -2.30. The minimum atomic E-state index is -4.97. The van der Waals surface area contributed by atoms with E-state index in [2.05, 4.69) is 88.5 Å². The smallest absolute Gasteiger partial charge is 0.462 e. The number of ether oxygens (including phenoxy) is 4. The number of esters is 4. The van der Waals surface area contributed by atoms with Gasteiger partial charge in [0.25, 0.3) is 0 Å². The van der Waals surface area contributed by atoms with Crippen LogP contribution in [0.4, 0.5) is 0 Å². The monoisotopic (exact) mass is 1460 g/mol. The maximum absolute atomic E-state index is 13.1. The van der Waals surface area contributed by atoms with E-state index in [9.17, 15) is 43.2 Å². The maximum Gasteiger partial charge on any atom is 0.472 e. The van der Waals surface area contributed by atoms with Gasteiger partial charge < -0.3 is 33.8 Å². The number of phosphoric acid groups is 2. The van der Waals surface area contributed by atoms with Crippen LogP contribution in [-0.4, -0.2) is 96.7 Å². The van der Waals surface area contributed by atoms with Gasteiger partial charge in [-0.3, -0.25) is 37.3 Å². The maximum atomic E-state index is 13.1. The van der Waals surface area contributed by atoms with Gasteiger partial charge in [-0.25, -0.2) is 9.13 Å². The number of aliphatic hydroxyl groups is 1. The minimum Gasteiger partial charge on any atom is -0.462 e. The first-order valence-electron chi connectivity index (χ1n) is 40.5. The molecule has 5 atom stereocenters. The molecule has 0 aromatic rings. The Balaban J connectivity index is 5.35. The van der Waals surface area contributed by atoms with E-state index < -0.39 is 97.5 Å². The van der Waals surface area contributed by atoms with Crippen molar-refractivity contribution in [3.05, 3.63) is 60.8 Å². The number of carbonyl (C=O) groups excluding carboxylic acids is 4. The fourth-order valence-corrected chi connectivity index (χ4v) is 12.8. The highest BCUT2D eigenvalue weighted by Gasteiger charge is 2.30. The van der Waals surface area contributed by atoms with E-state index in [1.54, 1.807) is 0 Å². The molecule has 0 aliphatic heterocycles. The fourth-order valence-electron chi connectivity index (χ4n) is 11.2. The number of allylic oxidation sites excluding steroid dienone is 10. The zero-order valence-electron chi connectivity index (χ0n) is 63.9. The number of hydrogen-bond acceptors (Lipinski definition) is 15. The lowest BCUT2D eigenvalue weighted by atomic mass is 10.0. The van der Waals surface area contributed by atoms with Crippen molar-refractivity contribution in [2.45, 2.75) is 393 Å². The van der Waals surface area contributed by atoms with E-state index in [0.717, 1.165) is 148 Å². The highest BCUT2D eigenvalue weighted by Crippen LogP contribution is 2.45. The summed E-state index contributed by atoms with van der Waals surface area (Å²) in [6, 6.07) is 0. The second-order valence-corrected chi connectivity index (χ2v) is 30.3. The topological polar surface area (TPSA) is 237 Å². The van der Waals surface area contributed by atoms with Crippen LogP contribution in [0.15, 0.2) is 60.8 Å². The SMILES string of the molecule is CCCCC/C=C\C/C=C\CCCCCCCC(=O)O[C@H](COC(=O)CCCCCCCCC/C=C\CCCCCC)COP(=O)(O)OC[C@@H](O)COP(=O)(O)OC[C@@H](COC(=O)CCCCCCCCCCCCCCCCC)OC(=O)CCCCCCC/C=C\C/C=C\CCCCC. The molecule has 0 rings (SSSR count). The molecular formula is C81H148O17P2. The van der Waals surface area contributed by atoms with Gasteiger partial charge in [-0.1, -0.05) is 294 Å². The third-order valence-electron chi connectivity index (χ3n) is 17.5. The quantitative estimate of drug-likeness (QED) is 0.0169. The average Bonchev–Trinajstić information content (AvgIpc) is 1.25. The Hall–Kier alpha value is -3.24. The van der Waals surface area contributed by atoms with E-state index >= 15 is 0 Å². The molecule has 0 aliphatic rings. The molecule has 3 N–H and O–H groups in total. The molecule has 584 valence electrons. The van der Waals surface area contributed by atoms with Crippen LogP contribution in [0.25, 0.3) is 0 Å². The molecule has 0 saturated heterocycles. The Morgan fingerprint density at radius 3 is 0.780 bits per heavy atom. The summed E-state index contributed by atoms with van der Waals surface area (Å²) in [4.78, 5) is 73.0. The summed E-state index contributed by atoms with van der Waals surface area (Å²) in [5, 5.41) is 10.6. The molecule has 17 nitrogen and oxygen atoms in total. The molecule has 0 heterocycles. The first kappa shape index (κ1) is 96.8. The molecule has 0 aliphatic carbocycles. The zero-order valence-corrected chi connectivity index (χ0v) is 65.7. The lowest BCUT2D eigenvalue weighted by molar-refractivity contribution is -0.161. The molecule has 0 amide bonds. The number of aliphatic hydroxyl groups excluding tert-OH is 1. The number of phosphoric ester groups is 2. The first-order chi connectivity index (χ1) is 48.7. The Kier molecular flexibility index (Phi) is 71.6. The van der Waals surface area contributed by atoms with Gasteiger partial charge in [0, 0.05) is 25.7 Å². The van der Waals surface area contributed by atoms with Crippen LogP contribution in [-0.2, 0) is 65.4 Å². The summed E-state index contributed by atoms with van der Waals surface area (Å²) < 4.78 is 68.6. The number of unbranched alkanes of at least 4 members (excludes halogenated alkanes) is 41. The van der Waals surface area contributed by atoms with Gasteiger partial charge in [-0.15, -0.1) is 0 Å². The minimum absolute atomic E-state index is 0.0819. The molecule has 0 spiro atoms. The molecule has 0 aromatic carbocycles. The van der Waals surface area contributed by atoms with Gasteiger partial charge in [0.05, 0.1) is 26.4 Å². The van der Waals surface area contributed by atoms with Crippen molar-refractivity contribution >= 4 is 39.5 Å². The second kappa shape index (κ2) is 74.0. The van der Waals surface area contributed by atoms with Crippen molar-refractivity contribution in [3.63, 3.8) is 0 Å². The zero-order chi connectivity index (χ0) is 73.2. The van der Waals surface area contributed by atoms with Crippen molar-refractivity contribution < 1.29 is 80.2 Å². The average molecular weight is 1460 g/mol. The third kappa shape index (κ3) is 73.1. The van der Waals surface area contributed by atoms with E-state index in [0.29, 0.717) is 25.7 Å². The molecule has 0 fully saturated rings. The summed E-state index contributed by atoms with van der Waals surface area (Å²) in [6.07, 6.45) is 73.3. The largest absolute Gasteiger partial charge is 0.472 e. The predicted octanol–water partition coefficient (Wildman–Crippen LogP) is 23.5. The van der Waals surface area contributed by atoms with E-state index in [1.807, 2.05) is 0 Å². The van der Waals surface area contributed by atoms with E-state index in [1.165, 1.54) is 148 Å². The van der Waals surface area contributed by atoms with Crippen molar-refractivity contribution in [3.8, 4) is 0 Å². The number of carbonyl (C=O) groups is 4.